The molecule has 2 heteroatoms. The van der Waals surface area contributed by atoms with Crippen LogP contribution >= 0.6 is 0 Å². The predicted octanol–water partition coefficient (Wildman–Crippen LogP) is 8.20. The maximum absolute atomic E-state index is 11.3. The van der Waals surface area contributed by atoms with Crippen molar-refractivity contribution in [2.75, 3.05) is 0 Å². The molecule has 1 unspecified atom stereocenters. The number of nitrogens with two attached hydrogens (primary N) is 1. The Kier molecular flexibility index (Phi) is 21.5. The molecule has 0 heterocycles. The highest BCUT2D eigenvalue weighted by atomic mass is 16.1. The highest BCUT2D eigenvalue weighted by Gasteiger charge is 2.12. The Morgan fingerprint density at radius 1 is 0.621 bits per heavy atom. The molecule has 1 atom stereocenters. The van der Waals surface area contributed by atoms with E-state index in [9.17, 15) is 4.79 Å². The van der Waals surface area contributed by atoms with Crippen molar-refractivity contribution in [3.63, 3.8) is 0 Å². The number of allylic oxidation sites excluding steroid dienone is 8. The minimum atomic E-state index is -0.111. The van der Waals surface area contributed by atoms with Gasteiger partial charge in [-0.05, 0) is 38.5 Å². The van der Waals surface area contributed by atoms with Crippen LogP contribution in [0.15, 0.2) is 48.6 Å². The molecule has 0 aromatic carbocycles. The van der Waals surface area contributed by atoms with Gasteiger partial charge in [0.2, 0.25) is 5.91 Å². The van der Waals surface area contributed by atoms with Crippen molar-refractivity contribution in [1.82, 2.24) is 0 Å². The van der Waals surface area contributed by atoms with E-state index < -0.39 is 0 Å². The molecule has 0 aliphatic rings. The van der Waals surface area contributed by atoms with Crippen molar-refractivity contribution in [2.45, 2.75) is 110 Å². The number of carbonyl (C=O) groups excluding carboxylic acids is 1. The molecule has 0 saturated heterocycles. The Hall–Kier alpha value is -1.57. The lowest BCUT2D eigenvalue weighted by Gasteiger charge is -2.11. The monoisotopic (exact) mass is 401 g/mol. The zero-order valence-corrected chi connectivity index (χ0v) is 19.3. The van der Waals surface area contributed by atoms with Crippen molar-refractivity contribution < 1.29 is 4.79 Å². The number of primary amides is 1. The van der Waals surface area contributed by atoms with E-state index in [-0.39, 0.29) is 11.8 Å². The van der Waals surface area contributed by atoms with Crippen LogP contribution in [0, 0.1) is 5.92 Å². The molecule has 0 bridgehead atoms. The molecule has 0 aromatic heterocycles. The molecule has 0 aliphatic heterocycles. The molecule has 0 saturated carbocycles. The van der Waals surface area contributed by atoms with Gasteiger partial charge in [0.05, 0.1) is 0 Å². The van der Waals surface area contributed by atoms with E-state index in [1.165, 1.54) is 70.6 Å². The molecule has 2 N–H and O–H groups in total. The highest BCUT2D eigenvalue weighted by molar-refractivity contribution is 5.76. The first-order valence-electron chi connectivity index (χ1n) is 12.2. The number of rotatable bonds is 20. The van der Waals surface area contributed by atoms with E-state index in [4.69, 9.17) is 5.73 Å². The molecule has 0 aliphatic carbocycles. The Bertz CT molecular complexity index is 473. The second-order valence-corrected chi connectivity index (χ2v) is 8.06. The predicted molar refractivity (Wildman–Crippen MR) is 130 cm³/mol. The van der Waals surface area contributed by atoms with Crippen molar-refractivity contribution in [3.05, 3.63) is 48.6 Å². The molecule has 166 valence electrons. The molecule has 29 heavy (non-hydrogen) atoms. The first-order chi connectivity index (χ1) is 14.2. The van der Waals surface area contributed by atoms with Crippen LogP contribution < -0.4 is 5.73 Å². The lowest BCUT2D eigenvalue weighted by atomic mass is 9.95. The largest absolute Gasteiger partial charge is 0.369 e. The first kappa shape index (κ1) is 27.4. The minimum absolute atomic E-state index is 0.100. The van der Waals surface area contributed by atoms with E-state index in [2.05, 4.69) is 62.5 Å². The van der Waals surface area contributed by atoms with Gasteiger partial charge in [0, 0.05) is 5.92 Å². The number of amides is 1. The van der Waals surface area contributed by atoms with E-state index in [0.29, 0.717) is 0 Å². The molecule has 0 spiro atoms. The normalized spacial score (nSPS) is 13.4. The average molecular weight is 402 g/mol. The topological polar surface area (TPSA) is 43.1 Å². The summed E-state index contributed by atoms with van der Waals surface area (Å²) < 4.78 is 0. The number of unbranched alkanes of at least 4 members (excludes halogenated alkanes) is 10. The fourth-order valence-electron chi connectivity index (χ4n) is 3.43. The van der Waals surface area contributed by atoms with Gasteiger partial charge in [0.15, 0.2) is 0 Å². The zero-order valence-electron chi connectivity index (χ0n) is 19.3. The smallest absolute Gasteiger partial charge is 0.220 e. The van der Waals surface area contributed by atoms with Crippen LogP contribution in [-0.2, 0) is 4.79 Å². The Morgan fingerprint density at radius 2 is 1.10 bits per heavy atom. The summed E-state index contributed by atoms with van der Waals surface area (Å²) in [6.45, 7) is 4.36. The van der Waals surface area contributed by atoms with Gasteiger partial charge in [-0.25, -0.2) is 0 Å². The quantitative estimate of drug-likeness (QED) is 0.162. The molecule has 0 radical (unpaired) electrons. The Balaban J connectivity index is 3.46. The lowest BCUT2D eigenvalue weighted by Crippen LogP contribution is -2.23. The van der Waals surface area contributed by atoms with Crippen LogP contribution in [-0.4, -0.2) is 5.91 Å². The molecule has 0 rings (SSSR count). The van der Waals surface area contributed by atoms with Crippen molar-refractivity contribution in [3.8, 4) is 0 Å². The zero-order chi connectivity index (χ0) is 21.4. The van der Waals surface area contributed by atoms with Crippen LogP contribution in [0.4, 0.5) is 0 Å². The van der Waals surface area contributed by atoms with Crippen molar-refractivity contribution in [2.24, 2.45) is 11.7 Å². The van der Waals surface area contributed by atoms with E-state index in [1.54, 1.807) is 0 Å². The van der Waals surface area contributed by atoms with Crippen molar-refractivity contribution >= 4 is 5.91 Å². The van der Waals surface area contributed by atoms with Gasteiger partial charge in [0.1, 0.15) is 0 Å². The molecule has 1 amide bonds. The lowest BCUT2D eigenvalue weighted by molar-refractivity contribution is -0.122. The van der Waals surface area contributed by atoms with Crippen LogP contribution in [0.2, 0.25) is 0 Å². The number of hydrogen-bond acceptors (Lipinski definition) is 1. The van der Waals surface area contributed by atoms with Gasteiger partial charge in [-0.2, -0.15) is 0 Å². The average Bonchev–Trinajstić information content (AvgIpc) is 2.71. The van der Waals surface area contributed by atoms with E-state index in [0.717, 1.165) is 25.7 Å². The van der Waals surface area contributed by atoms with Gasteiger partial charge in [-0.3, -0.25) is 4.79 Å². The summed E-state index contributed by atoms with van der Waals surface area (Å²) in [5.41, 5.74) is 5.45. The Labute approximate surface area is 181 Å². The molecule has 0 fully saturated rings. The van der Waals surface area contributed by atoms with Crippen LogP contribution in [0.1, 0.15) is 110 Å². The SMILES string of the molecule is CCCCCC=CC=CC=CC=CCCCCCCCCCC(CCC)C(N)=O. The van der Waals surface area contributed by atoms with Crippen LogP contribution in [0.3, 0.4) is 0 Å². The van der Waals surface area contributed by atoms with Gasteiger partial charge in [-0.1, -0.05) is 120 Å². The minimum Gasteiger partial charge on any atom is -0.369 e. The summed E-state index contributed by atoms with van der Waals surface area (Å²) in [6.07, 6.45) is 35.4. The fourth-order valence-corrected chi connectivity index (χ4v) is 3.43. The third-order valence-corrected chi connectivity index (χ3v) is 5.26. The standard InChI is InChI=1S/C27H47NO/c1-3-5-6-7-8-9-10-11-12-13-14-15-16-17-18-19-20-21-22-23-25-26(24-4-2)27(28)29/h8-15,26H,3-7,16-25H2,1-2H3,(H2,28,29). The first-order valence-corrected chi connectivity index (χ1v) is 12.2. The number of carbonyl (C=O) groups is 1. The third kappa shape index (κ3) is 21.0. The molecule has 2 nitrogen and oxygen atoms in total. The van der Waals surface area contributed by atoms with Crippen LogP contribution in [0.5, 0.6) is 0 Å². The maximum Gasteiger partial charge on any atom is 0.220 e. The molecule has 0 aromatic rings. The number of hydrogen-bond donors (Lipinski definition) is 1. The van der Waals surface area contributed by atoms with E-state index in [1.807, 2.05) is 0 Å². The summed E-state index contributed by atoms with van der Waals surface area (Å²) in [7, 11) is 0. The third-order valence-electron chi connectivity index (χ3n) is 5.26. The van der Waals surface area contributed by atoms with Gasteiger partial charge < -0.3 is 5.73 Å². The van der Waals surface area contributed by atoms with Gasteiger partial charge >= 0.3 is 0 Å². The second kappa shape index (κ2) is 22.7. The van der Waals surface area contributed by atoms with Gasteiger partial charge in [-0.15, -0.1) is 0 Å². The van der Waals surface area contributed by atoms with E-state index >= 15 is 0 Å². The van der Waals surface area contributed by atoms with Crippen molar-refractivity contribution in [1.29, 1.82) is 0 Å². The summed E-state index contributed by atoms with van der Waals surface area (Å²) >= 11 is 0. The summed E-state index contributed by atoms with van der Waals surface area (Å²) in [4.78, 5) is 11.3. The summed E-state index contributed by atoms with van der Waals surface area (Å²) in [6, 6.07) is 0. The highest BCUT2D eigenvalue weighted by Crippen LogP contribution is 2.16. The molecular formula is C27H47NO. The fraction of sp³-hybridized carbons (Fsp3) is 0.667. The Morgan fingerprint density at radius 3 is 1.62 bits per heavy atom. The van der Waals surface area contributed by atoms with Crippen LogP contribution in [0.25, 0.3) is 0 Å². The summed E-state index contributed by atoms with van der Waals surface area (Å²) in [5, 5.41) is 0. The molecular weight excluding hydrogens is 354 g/mol. The second-order valence-electron chi connectivity index (χ2n) is 8.06. The summed E-state index contributed by atoms with van der Waals surface area (Å²) in [5.74, 6) is -0.0104. The maximum atomic E-state index is 11.3. The van der Waals surface area contributed by atoms with Gasteiger partial charge in [0.25, 0.3) is 0 Å².